The van der Waals surface area contributed by atoms with Crippen molar-refractivity contribution in [3.63, 3.8) is 0 Å². The van der Waals surface area contributed by atoms with E-state index in [-0.39, 0.29) is 0 Å². The molecule has 0 spiro atoms. The van der Waals surface area contributed by atoms with Crippen LogP contribution in [-0.4, -0.2) is 12.0 Å². The summed E-state index contributed by atoms with van der Waals surface area (Å²) in [7, 11) is 2.05. The molecule has 20 heavy (non-hydrogen) atoms. The average molecular weight is 310 g/mol. The lowest BCUT2D eigenvalue weighted by Gasteiger charge is -2.15. The monoisotopic (exact) mass is 309 g/mol. The number of halogens is 1. The van der Waals surface area contributed by atoms with Crippen LogP contribution < -0.4 is 10.6 Å². The normalized spacial score (nSPS) is 10.8. The molecule has 0 aliphatic rings. The lowest BCUT2D eigenvalue weighted by atomic mass is 10.2. The van der Waals surface area contributed by atoms with Gasteiger partial charge in [0.05, 0.1) is 5.69 Å². The summed E-state index contributed by atoms with van der Waals surface area (Å²) < 4.78 is 0. The van der Waals surface area contributed by atoms with Crippen molar-refractivity contribution in [3.8, 4) is 0 Å². The molecule has 0 saturated carbocycles. The molecule has 0 atom stereocenters. The minimum absolute atomic E-state index is 0.567. The number of aromatic nitrogens is 1. The van der Waals surface area contributed by atoms with Crippen molar-refractivity contribution in [2.75, 3.05) is 11.9 Å². The predicted octanol–water partition coefficient (Wildman–Crippen LogP) is 3.84. The van der Waals surface area contributed by atoms with Crippen LogP contribution in [0.1, 0.15) is 29.5 Å². The molecule has 0 unspecified atom stereocenters. The van der Waals surface area contributed by atoms with Crippen molar-refractivity contribution in [2.45, 2.75) is 32.9 Å². The standard InChI is InChI=1S/C15H20ClN3S/c1-3-5-13-14(9-17)20-15(18-13)19(2)10-11-6-4-7-12(16)8-11/h4,6-8H,3,5,9-10,17H2,1-2H3. The van der Waals surface area contributed by atoms with Gasteiger partial charge in [0.1, 0.15) is 0 Å². The van der Waals surface area contributed by atoms with Crippen LogP contribution in [0.3, 0.4) is 0 Å². The van der Waals surface area contributed by atoms with Gasteiger partial charge in [0, 0.05) is 30.0 Å². The van der Waals surface area contributed by atoms with E-state index < -0.39 is 0 Å². The minimum Gasteiger partial charge on any atom is -0.347 e. The molecule has 0 bridgehead atoms. The molecule has 5 heteroatoms. The number of hydrogen-bond donors (Lipinski definition) is 1. The third-order valence-corrected chi connectivity index (χ3v) is 4.54. The van der Waals surface area contributed by atoms with Crippen LogP contribution >= 0.6 is 22.9 Å². The van der Waals surface area contributed by atoms with E-state index in [1.54, 1.807) is 11.3 Å². The minimum atomic E-state index is 0.567. The Labute approximate surface area is 129 Å². The number of anilines is 1. The molecule has 108 valence electrons. The Morgan fingerprint density at radius 2 is 2.20 bits per heavy atom. The first-order valence-electron chi connectivity index (χ1n) is 6.78. The Morgan fingerprint density at radius 3 is 2.85 bits per heavy atom. The van der Waals surface area contributed by atoms with Crippen molar-refractivity contribution >= 4 is 28.1 Å². The van der Waals surface area contributed by atoms with E-state index >= 15 is 0 Å². The van der Waals surface area contributed by atoms with E-state index in [9.17, 15) is 0 Å². The molecular formula is C15H20ClN3S. The topological polar surface area (TPSA) is 42.2 Å². The number of hydrogen-bond acceptors (Lipinski definition) is 4. The highest BCUT2D eigenvalue weighted by molar-refractivity contribution is 7.15. The summed E-state index contributed by atoms with van der Waals surface area (Å²) in [5.41, 5.74) is 8.13. The third-order valence-electron chi connectivity index (χ3n) is 3.07. The summed E-state index contributed by atoms with van der Waals surface area (Å²) in [6, 6.07) is 7.93. The molecule has 0 aliphatic heterocycles. The lowest BCUT2D eigenvalue weighted by molar-refractivity contribution is 0.854. The van der Waals surface area contributed by atoms with E-state index in [0.717, 1.165) is 35.2 Å². The first-order valence-corrected chi connectivity index (χ1v) is 7.97. The van der Waals surface area contributed by atoms with Crippen LogP contribution in [0, 0.1) is 0 Å². The quantitative estimate of drug-likeness (QED) is 0.881. The number of nitrogens with two attached hydrogens (primary N) is 1. The van der Waals surface area contributed by atoms with Gasteiger partial charge in [0.15, 0.2) is 5.13 Å². The Morgan fingerprint density at radius 1 is 1.40 bits per heavy atom. The van der Waals surface area contributed by atoms with E-state index in [4.69, 9.17) is 22.3 Å². The molecule has 1 aromatic carbocycles. The predicted molar refractivity (Wildman–Crippen MR) is 87.6 cm³/mol. The highest BCUT2D eigenvalue weighted by atomic mass is 35.5. The second-order valence-corrected chi connectivity index (χ2v) is 6.30. The van der Waals surface area contributed by atoms with Gasteiger partial charge in [-0.25, -0.2) is 4.98 Å². The smallest absolute Gasteiger partial charge is 0.185 e. The lowest BCUT2D eigenvalue weighted by Crippen LogP contribution is -2.16. The van der Waals surface area contributed by atoms with Gasteiger partial charge in [0.25, 0.3) is 0 Å². The molecule has 1 aromatic heterocycles. The summed E-state index contributed by atoms with van der Waals surface area (Å²) in [5.74, 6) is 0. The molecule has 0 radical (unpaired) electrons. The van der Waals surface area contributed by atoms with E-state index in [0.29, 0.717) is 6.54 Å². The van der Waals surface area contributed by atoms with E-state index in [2.05, 4.69) is 24.9 Å². The number of aryl methyl sites for hydroxylation is 1. The highest BCUT2D eigenvalue weighted by Crippen LogP contribution is 2.27. The first-order chi connectivity index (χ1) is 9.63. The van der Waals surface area contributed by atoms with Crippen LogP contribution in [0.2, 0.25) is 5.02 Å². The van der Waals surface area contributed by atoms with Crippen molar-refractivity contribution < 1.29 is 0 Å². The van der Waals surface area contributed by atoms with Crippen LogP contribution in [0.4, 0.5) is 5.13 Å². The fourth-order valence-electron chi connectivity index (χ4n) is 2.10. The maximum atomic E-state index is 6.02. The van der Waals surface area contributed by atoms with Crippen molar-refractivity contribution in [1.29, 1.82) is 0 Å². The molecular weight excluding hydrogens is 290 g/mol. The Kier molecular flexibility index (Phi) is 5.40. The van der Waals surface area contributed by atoms with Gasteiger partial charge < -0.3 is 10.6 Å². The highest BCUT2D eigenvalue weighted by Gasteiger charge is 2.12. The SMILES string of the molecule is CCCc1nc(N(C)Cc2cccc(Cl)c2)sc1CN. The molecule has 3 nitrogen and oxygen atoms in total. The van der Waals surface area contributed by atoms with Crippen molar-refractivity contribution in [1.82, 2.24) is 4.98 Å². The Hall–Kier alpha value is -1.10. The molecule has 1 heterocycles. The van der Waals surface area contributed by atoms with Crippen LogP contribution in [0.5, 0.6) is 0 Å². The van der Waals surface area contributed by atoms with Gasteiger partial charge in [-0.1, -0.05) is 37.1 Å². The first kappa shape index (κ1) is 15.3. The Balaban J connectivity index is 2.14. The second kappa shape index (κ2) is 7.07. The van der Waals surface area contributed by atoms with Crippen molar-refractivity contribution in [3.05, 3.63) is 45.4 Å². The van der Waals surface area contributed by atoms with Gasteiger partial charge in [0.2, 0.25) is 0 Å². The summed E-state index contributed by atoms with van der Waals surface area (Å²) >= 11 is 7.71. The summed E-state index contributed by atoms with van der Waals surface area (Å²) in [6.07, 6.45) is 2.09. The molecule has 0 amide bonds. The average Bonchev–Trinajstić information content (AvgIpc) is 2.82. The molecule has 0 aliphatic carbocycles. The second-order valence-electron chi connectivity index (χ2n) is 4.81. The summed E-state index contributed by atoms with van der Waals surface area (Å²) in [5, 5.41) is 1.79. The zero-order chi connectivity index (χ0) is 14.5. The summed E-state index contributed by atoms with van der Waals surface area (Å²) in [4.78, 5) is 8.06. The van der Waals surface area contributed by atoms with Gasteiger partial charge in [-0.15, -0.1) is 11.3 Å². The number of rotatable bonds is 6. The van der Waals surface area contributed by atoms with Gasteiger partial charge in [-0.2, -0.15) is 0 Å². The van der Waals surface area contributed by atoms with E-state index in [1.807, 2.05) is 18.2 Å². The van der Waals surface area contributed by atoms with Gasteiger partial charge in [-0.3, -0.25) is 0 Å². The van der Waals surface area contributed by atoms with Gasteiger partial charge in [-0.05, 0) is 24.1 Å². The molecule has 2 N–H and O–H groups in total. The molecule has 0 fully saturated rings. The fraction of sp³-hybridized carbons (Fsp3) is 0.400. The zero-order valence-corrected chi connectivity index (χ0v) is 13.5. The van der Waals surface area contributed by atoms with Crippen LogP contribution in [0.15, 0.2) is 24.3 Å². The molecule has 2 aromatic rings. The fourth-order valence-corrected chi connectivity index (χ4v) is 3.26. The molecule has 2 rings (SSSR count). The largest absolute Gasteiger partial charge is 0.347 e. The van der Waals surface area contributed by atoms with Crippen LogP contribution in [0.25, 0.3) is 0 Å². The van der Waals surface area contributed by atoms with Gasteiger partial charge >= 0.3 is 0 Å². The molecule has 0 saturated heterocycles. The van der Waals surface area contributed by atoms with Crippen molar-refractivity contribution in [2.24, 2.45) is 5.73 Å². The number of thiazole rings is 1. The zero-order valence-electron chi connectivity index (χ0n) is 11.9. The number of nitrogens with zero attached hydrogens (tertiary/aromatic N) is 2. The van der Waals surface area contributed by atoms with E-state index in [1.165, 1.54) is 10.4 Å². The third kappa shape index (κ3) is 3.72. The maximum Gasteiger partial charge on any atom is 0.185 e. The maximum absolute atomic E-state index is 6.02. The number of benzene rings is 1. The summed E-state index contributed by atoms with van der Waals surface area (Å²) in [6.45, 7) is 3.52. The van der Waals surface area contributed by atoms with Crippen LogP contribution in [-0.2, 0) is 19.5 Å². The Bertz CT molecular complexity index is 568.